The summed E-state index contributed by atoms with van der Waals surface area (Å²) in [6.45, 7) is 8.44. The number of rotatable bonds is 25. The molecular formula is C55H79N3O16. The average Bonchev–Trinajstić information content (AvgIpc) is 3.93. The smallest absolute Gasteiger partial charge is 0.327 e. The molecule has 2 amide bonds. The van der Waals surface area contributed by atoms with Crippen LogP contribution in [0.3, 0.4) is 0 Å². The van der Waals surface area contributed by atoms with E-state index in [1.54, 1.807) is 40.0 Å². The van der Waals surface area contributed by atoms with Gasteiger partial charge in [0, 0.05) is 39.2 Å². The van der Waals surface area contributed by atoms with Gasteiger partial charge in [-0.15, -0.1) is 0 Å². The molecule has 19 heteroatoms. The van der Waals surface area contributed by atoms with Crippen LogP contribution in [0.5, 0.6) is 0 Å². The Balaban J connectivity index is 1.19. The lowest BCUT2D eigenvalue weighted by Gasteiger charge is -2.50. The van der Waals surface area contributed by atoms with Gasteiger partial charge in [0.05, 0.1) is 32.4 Å². The molecule has 4 saturated heterocycles. The van der Waals surface area contributed by atoms with E-state index in [1.165, 1.54) is 9.96 Å². The van der Waals surface area contributed by atoms with Gasteiger partial charge in [0.1, 0.15) is 65.9 Å². The van der Waals surface area contributed by atoms with E-state index in [2.05, 4.69) is 19.2 Å². The molecule has 19 nitrogen and oxygen atoms in total. The summed E-state index contributed by atoms with van der Waals surface area (Å²) in [5.41, 5.74) is -0.140. The fourth-order valence-corrected chi connectivity index (χ4v) is 11.1. The van der Waals surface area contributed by atoms with Gasteiger partial charge in [-0.1, -0.05) is 106 Å². The van der Waals surface area contributed by atoms with Crippen LogP contribution in [0.2, 0.25) is 0 Å². The maximum atomic E-state index is 16.0. The van der Waals surface area contributed by atoms with Gasteiger partial charge in [-0.05, 0) is 56.7 Å². The van der Waals surface area contributed by atoms with Gasteiger partial charge in [-0.25, -0.2) is 0 Å². The Morgan fingerprint density at radius 1 is 0.919 bits per heavy atom. The zero-order valence-corrected chi connectivity index (χ0v) is 43.7. The van der Waals surface area contributed by atoms with Crippen LogP contribution in [0.1, 0.15) is 122 Å². The Labute approximate surface area is 434 Å². The number of fused-ring (bicyclic) bond motifs is 4. The number of carbonyl (C=O) groups excluding carboxylic acids is 4. The summed E-state index contributed by atoms with van der Waals surface area (Å²) in [5, 5.41) is 55.2. The summed E-state index contributed by atoms with van der Waals surface area (Å²) in [6.07, 6.45) is -0.192. The second kappa shape index (κ2) is 25.2. The molecular weight excluding hydrogens is 959 g/mol. The number of unbranched alkanes of at least 4 members (excludes halogenated alkanes) is 4. The summed E-state index contributed by atoms with van der Waals surface area (Å²) in [6, 6.07) is 13.4. The fourth-order valence-electron chi connectivity index (χ4n) is 11.1. The average molecular weight is 1040 g/mol. The number of carbonyl (C=O) groups is 4. The van der Waals surface area contributed by atoms with Crippen molar-refractivity contribution in [3.8, 4) is 0 Å². The minimum Gasteiger partial charge on any atom is -0.460 e. The van der Waals surface area contributed by atoms with E-state index in [0.717, 1.165) is 49.7 Å². The summed E-state index contributed by atoms with van der Waals surface area (Å²) in [7, 11) is 1.55. The number of aliphatic hydroxyl groups excluding tert-OH is 5. The molecule has 6 N–H and O–H groups in total. The van der Waals surface area contributed by atoms with E-state index in [0.29, 0.717) is 18.4 Å². The molecule has 5 fully saturated rings. The van der Waals surface area contributed by atoms with Gasteiger partial charge in [-0.2, -0.15) is 5.06 Å². The van der Waals surface area contributed by atoms with Crippen LogP contribution in [0.15, 0.2) is 60.7 Å². The van der Waals surface area contributed by atoms with Gasteiger partial charge in [-0.3, -0.25) is 24.0 Å². The minimum absolute atomic E-state index is 0.0306. The van der Waals surface area contributed by atoms with Crippen LogP contribution < -0.4 is 5.32 Å². The lowest BCUT2D eigenvalue weighted by Crippen LogP contribution is -2.70. The fraction of sp³-hybridized carbons (Fsp3) is 0.673. The molecule has 2 aromatic carbocycles. The number of benzene rings is 2. The highest BCUT2D eigenvalue weighted by Gasteiger charge is 2.77. The first-order valence-electron chi connectivity index (χ1n) is 26.5. The van der Waals surface area contributed by atoms with Gasteiger partial charge < -0.3 is 64.2 Å². The topological polar surface area (TPSA) is 253 Å². The van der Waals surface area contributed by atoms with Crippen molar-refractivity contribution in [1.82, 2.24) is 15.3 Å². The molecule has 2 aromatic rings. The monoisotopic (exact) mass is 1040 g/mol. The highest BCUT2D eigenvalue weighted by Crippen LogP contribution is 2.58. The Kier molecular flexibility index (Phi) is 19.5. The first kappa shape index (κ1) is 57.3. The number of likely N-dealkylation sites (N-methyl/N-ethyl adjacent to an activating group) is 1. The second-order valence-corrected chi connectivity index (χ2v) is 21.5. The Bertz CT molecular complexity index is 2210. The molecule has 5 aliphatic rings. The SMILES string of the molecule is CCCCCC1(CCCCC)O[C@@H]2[C@H](O1)[C@H]1ON(Cc3cccc(C=CCO[C@H]4O[C@H](CO)[C@H](O)[C@H](O)[C@H]4O)c3)[C@H]3C(=O)O[C@@H]2C[C@@]13C(=O)N(C)[C@H](Cc1ccccc1)C(=O)N[C@H](CO)CCC(=O)OC(C)(C)C. The summed E-state index contributed by atoms with van der Waals surface area (Å²) >= 11 is 0. The summed E-state index contributed by atoms with van der Waals surface area (Å²) in [5.74, 6) is -3.24. The zero-order chi connectivity index (χ0) is 53.4. The first-order chi connectivity index (χ1) is 35.4. The highest BCUT2D eigenvalue weighted by molar-refractivity contribution is 5.96. The molecule has 2 bridgehead atoms. The lowest BCUT2D eigenvalue weighted by atomic mass is 9.62. The number of esters is 2. The van der Waals surface area contributed by atoms with Crippen molar-refractivity contribution in [3.05, 3.63) is 77.4 Å². The normalized spacial score (nSPS) is 30.1. The van der Waals surface area contributed by atoms with Crippen molar-refractivity contribution in [2.75, 3.05) is 26.9 Å². The third kappa shape index (κ3) is 13.1. The molecule has 0 radical (unpaired) electrons. The van der Waals surface area contributed by atoms with Crippen molar-refractivity contribution < 1.29 is 78.0 Å². The number of amides is 2. The van der Waals surface area contributed by atoms with E-state index < -0.39 is 127 Å². The van der Waals surface area contributed by atoms with Crippen LogP contribution in [0.25, 0.3) is 6.08 Å². The Morgan fingerprint density at radius 2 is 1.61 bits per heavy atom. The molecule has 74 heavy (non-hydrogen) atoms. The molecule has 410 valence electrons. The Morgan fingerprint density at radius 3 is 2.27 bits per heavy atom. The van der Waals surface area contributed by atoms with Gasteiger partial charge >= 0.3 is 11.9 Å². The van der Waals surface area contributed by atoms with Crippen molar-refractivity contribution in [2.24, 2.45) is 5.41 Å². The number of nitrogens with zero attached hydrogens (tertiary/aromatic N) is 2. The zero-order valence-electron chi connectivity index (χ0n) is 43.7. The van der Waals surface area contributed by atoms with Crippen molar-refractivity contribution in [1.29, 1.82) is 0 Å². The molecule has 0 aromatic heterocycles. The number of hydroxylamine groups is 2. The molecule has 4 heterocycles. The first-order valence-corrected chi connectivity index (χ1v) is 26.5. The molecule has 7 rings (SSSR count). The largest absolute Gasteiger partial charge is 0.460 e. The quantitative estimate of drug-likeness (QED) is 0.0614. The van der Waals surface area contributed by atoms with Gasteiger partial charge in [0.15, 0.2) is 18.1 Å². The van der Waals surface area contributed by atoms with E-state index in [4.69, 9.17) is 33.3 Å². The molecule has 0 unspecified atom stereocenters. The van der Waals surface area contributed by atoms with Gasteiger partial charge in [0.25, 0.3) is 0 Å². The predicted molar refractivity (Wildman–Crippen MR) is 268 cm³/mol. The standard InChI is InChI=1S/C55H79N3O16/c1-7-9-14-25-54(26-15-10-8-2)72-45-39-30-55(52(67)57(6)38(29-35-18-12-11-13-19-35)49(65)56-37(32-59)23-24-41(61)71-53(3,4)5)47(50(66)69-39)58(74-48(55)46(45)73-54)31-36-21-16-20-34(28-36)22-17-27-68-51-44(64)43(63)42(62)40(33-60)70-51/h11-13,16-22,28,37-40,42-48,51,59-60,62-64H,7-10,14-15,23-27,29-33H2,1-6H3,(H,56,65)/t37-,38+,39+,40+,42-,43-,44+,45-,46-,47-,48+,51-,55-/m0/s1. The van der Waals surface area contributed by atoms with Crippen LogP contribution in [0.4, 0.5) is 0 Å². The van der Waals surface area contributed by atoms with Crippen molar-refractivity contribution in [3.63, 3.8) is 0 Å². The maximum Gasteiger partial charge on any atom is 0.327 e. The van der Waals surface area contributed by atoms with Crippen molar-refractivity contribution >= 4 is 29.8 Å². The van der Waals surface area contributed by atoms with Crippen LogP contribution >= 0.6 is 0 Å². The van der Waals surface area contributed by atoms with Crippen LogP contribution in [-0.2, 0) is 65.4 Å². The van der Waals surface area contributed by atoms with E-state index >= 15 is 4.79 Å². The molecule has 1 aliphatic carbocycles. The molecule has 13 atom stereocenters. The number of hydrogen-bond donors (Lipinski definition) is 6. The van der Waals surface area contributed by atoms with E-state index in [1.807, 2.05) is 54.6 Å². The minimum atomic E-state index is -1.62. The van der Waals surface area contributed by atoms with Gasteiger partial charge in [0.2, 0.25) is 11.8 Å². The molecule has 4 aliphatic heterocycles. The third-order valence-electron chi connectivity index (χ3n) is 14.8. The Hall–Kier alpha value is -4.38. The number of aliphatic hydroxyl groups is 5. The van der Waals surface area contributed by atoms with Crippen molar-refractivity contribution in [2.45, 2.75) is 203 Å². The van der Waals surface area contributed by atoms with E-state index in [9.17, 15) is 39.9 Å². The van der Waals surface area contributed by atoms with Crippen LogP contribution in [0, 0.1) is 5.41 Å². The molecule has 0 spiro atoms. The predicted octanol–water partition coefficient (Wildman–Crippen LogP) is 3.63. The van der Waals surface area contributed by atoms with E-state index in [-0.39, 0.29) is 38.8 Å². The number of nitrogens with one attached hydrogen (secondary N) is 1. The number of ether oxygens (including phenoxy) is 6. The lowest BCUT2D eigenvalue weighted by molar-refractivity contribution is -0.298. The maximum absolute atomic E-state index is 16.0. The van der Waals surface area contributed by atoms with Crippen LogP contribution in [-0.4, -0.2) is 171 Å². The number of hydrogen-bond acceptors (Lipinski definition) is 17. The second-order valence-electron chi connectivity index (χ2n) is 21.5. The molecule has 1 saturated carbocycles. The summed E-state index contributed by atoms with van der Waals surface area (Å²) < 4.78 is 37.0. The third-order valence-corrected chi connectivity index (χ3v) is 14.8. The highest BCUT2D eigenvalue weighted by atomic mass is 16.8. The summed E-state index contributed by atoms with van der Waals surface area (Å²) in [4.78, 5) is 66.5.